The summed E-state index contributed by atoms with van der Waals surface area (Å²) in [5.74, 6) is 0. The molecule has 0 amide bonds. The van der Waals surface area contributed by atoms with Gasteiger partial charge in [-0.2, -0.15) is 5.26 Å². The number of rotatable bonds is 1. The van der Waals surface area contributed by atoms with Gasteiger partial charge in [-0.25, -0.2) is 0 Å². The van der Waals surface area contributed by atoms with Gasteiger partial charge in [0.05, 0.1) is 11.3 Å². The van der Waals surface area contributed by atoms with Gasteiger partial charge in [-0.05, 0) is 19.8 Å². The number of hydrogen-bond donors (Lipinski definition) is 0. The SMILES string of the molecule is CC(C#N)SC(=S)N1CCCC1. The topological polar surface area (TPSA) is 27.0 Å². The molecule has 0 spiro atoms. The van der Waals surface area contributed by atoms with E-state index in [2.05, 4.69) is 11.0 Å². The lowest BCUT2D eigenvalue weighted by molar-refractivity contribution is 0.539. The molecule has 1 aliphatic rings. The van der Waals surface area contributed by atoms with Crippen molar-refractivity contribution >= 4 is 28.3 Å². The Kier molecular flexibility index (Phi) is 3.83. The number of hydrogen-bond acceptors (Lipinski definition) is 3. The molecular formula is C8H12N2S2. The van der Waals surface area contributed by atoms with Crippen molar-refractivity contribution in [1.29, 1.82) is 5.26 Å². The van der Waals surface area contributed by atoms with Crippen molar-refractivity contribution in [1.82, 2.24) is 4.90 Å². The molecule has 12 heavy (non-hydrogen) atoms. The predicted molar refractivity (Wildman–Crippen MR) is 56.1 cm³/mol. The van der Waals surface area contributed by atoms with E-state index in [1.807, 2.05) is 6.92 Å². The smallest absolute Gasteiger partial charge is 0.137 e. The van der Waals surface area contributed by atoms with Gasteiger partial charge in [0, 0.05) is 13.1 Å². The number of thiocarbonyl (C=S) groups is 1. The third-order valence-corrected chi connectivity index (χ3v) is 3.29. The van der Waals surface area contributed by atoms with Gasteiger partial charge in [0.25, 0.3) is 0 Å². The molecule has 1 heterocycles. The second-order valence-electron chi connectivity index (χ2n) is 2.85. The molecule has 1 saturated heterocycles. The second-order valence-corrected chi connectivity index (χ2v) is 4.82. The van der Waals surface area contributed by atoms with E-state index in [-0.39, 0.29) is 5.25 Å². The summed E-state index contributed by atoms with van der Waals surface area (Å²) in [7, 11) is 0. The minimum absolute atomic E-state index is 0.0156. The van der Waals surface area contributed by atoms with Gasteiger partial charge in [0.15, 0.2) is 0 Å². The fourth-order valence-corrected chi connectivity index (χ4v) is 2.45. The van der Waals surface area contributed by atoms with Crippen LogP contribution >= 0.6 is 24.0 Å². The molecule has 0 radical (unpaired) electrons. The third kappa shape index (κ3) is 2.65. The van der Waals surface area contributed by atoms with Gasteiger partial charge in [-0.3, -0.25) is 0 Å². The molecule has 0 aromatic carbocycles. The van der Waals surface area contributed by atoms with E-state index < -0.39 is 0 Å². The van der Waals surface area contributed by atoms with Crippen LogP contribution in [0.3, 0.4) is 0 Å². The van der Waals surface area contributed by atoms with Crippen LogP contribution in [0.4, 0.5) is 0 Å². The normalized spacial score (nSPS) is 18.8. The molecule has 0 aliphatic carbocycles. The largest absolute Gasteiger partial charge is 0.357 e. The number of thioether (sulfide) groups is 1. The van der Waals surface area contributed by atoms with Crippen LogP contribution in [-0.4, -0.2) is 27.6 Å². The highest BCUT2D eigenvalue weighted by molar-refractivity contribution is 8.23. The van der Waals surface area contributed by atoms with Gasteiger partial charge >= 0.3 is 0 Å². The fourth-order valence-electron chi connectivity index (χ4n) is 1.15. The Labute approximate surface area is 82.9 Å². The van der Waals surface area contributed by atoms with Crippen molar-refractivity contribution in [3.8, 4) is 6.07 Å². The van der Waals surface area contributed by atoms with Crippen LogP contribution in [0.2, 0.25) is 0 Å². The molecule has 0 bridgehead atoms. The first-order valence-corrected chi connectivity index (χ1v) is 5.38. The van der Waals surface area contributed by atoms with E-state index in [9.17, 15) is 0 Å². The van der Waals surface area contributed by atoms with Crippen molar-refractivity contribution < 1.29 is 0 Å². The first-order valence-electron chi connectivity index (χ1n) is 4.09. The molecule has 0 aromatic rings. The van der Waals surface area contributed by atoms with Crippen LogP contribution in [-0.2, 0) is 0 Å². The summed E-state index contributed by atoms with van der Waals surface area (Å²) in [4.78, 5) is 2.19. The molecule has 4 heteroatoms. The Balaban J connectivity index is 2.33. The minimum atomic E-state index is -0.0156. The van der Waals surface area contributed by atoms with Crippen LogP contribution in [0.25, 0.3) is 0 Å². The standard InChI is InChI=1S/C8H12N2S2/c1-7(6-9)12-8(11)10-4-2-3-5-10/h7H,2-5H2,1H3. The molecule has 0 N–H and O–H groups in total. The maximum absolute atomic E-state index is 8.58. The highest BCUT2D eigenvalue weighted by atomic mass is 32.2. The van der Waals surface area contributed by atoms with Gasteiger partial charge in [-0.15, -0.1) is 0 Å². The van der Waals surface area contributed by atoms with Crippen molar-refractivity contribution in [2.24, 2.45) is 0 Å². The Morgan fingerprint density at radius 3 is 2.67 bits per heavy atom. The van der Waals surface area contributed by atoms with E-state index in [1.54, 1.807) is 0 Å². The highest BCUT2D eigenvalue weighted by Gasteiger charge is 2.16. The molecule has 0 aromatic heterocycles. The Hall–Kier alpha value is -0.270. The highest BCUT2D eigenvalue weighted by Crippen LogP contribution is 2.19. The Morgan fingerprint density at radius 2 is 2.17 bits per heavy atom. The lowest BCUT2D eigenvalue weighted by Gasteiger charge is -2.17. The zero-order valence-electron chi connectivity index (χ0n) is 7.12. The summed E-state index contributed by atoms with van der Waals surface area (Å²) in [6.07, 6.45) is 2.48. The van der Waals surface area contributed by atoms with Crippen LogP contribution in [0.15, 0.2) is 0 Å². The summed E-state index contributed by atoms with van der Waals surface area (Å²) in [5, 5.41) is 8.56. The maximum atomic E-state index is 8.58. The molecule has 66 valence electrons. The van der Waals surface area contributed by atoms with Crippen molar-refractivity contribution in [2.75, 3.05) is 13.1 Å². The average Bonchev–Trinajstić information content (AvgIpc) is 2.56. The lowest BCUT2D eigenvalue weighted by Crippen LogP contribution is -2.24. The quantitative estimate of drug-likeness (QED) is 0.605. The van der Waals surface area contributed by atoms with E-state index in [0.717, 1.165) is 17.4 Å². The summed E-state index contributed by atoms with van der Waals surface area (Å²) in [5.41, 5.74) is 0. The number of likely N-dealkylation sites (tertiary alicyclic amines) is 1. The first kappa shape index (κ1) is 9.82. The van der Waals surface area contributed by atoms with Crippen molar-refractivity contribution in [2.45, 2.75) is 25.0 Å². The van der Waals surface area contributed by atoms with Crippen molar-refractivity contribution in [3.05, 3.63) is 0 Å². The van der Waals surface area contributed by atoms with E-state index in [1.165, 1.54) is 24.6 Å². The molecule has 1 unspecified atom stereocenters. The van der Waals surface area contributed by atoms with E-state index in [4.69, 9.17) is 17.5 Å². The molecule has 0 saturated carbocycles. The fraction of sp³-hybridized carbons (Fsp3) is 0.750. The molecule has 1 atom stereocenters. The van der Waals surface area contributed by atoms with Crippen LogP contribution in [0, 0.1) is 11.3 Å². The van der Waals surface area contributed by atoms with Crippen molar-refractivity contribution in [3.63, 3.8) is 0 Å². The average molecular weight is 200 g/mol. The Morgan fingerprint density at radius 1 is 1.58 bits per heavy atom. The molecule has 1 aliphatic heterocycles. The predicted octanol–water partition coefficient (Wildman–Crippen LogP) is 2.01. The summed E-state index contributed by atoms with van der Waals surface area (Å²) in [6.45, 7) is 4.03. The molecule has 2 nitrogen and oxygen atoms in total. The van der Waals surface area contributed by atoms with Gasteiger partial charge in [0.2, 0.25) is 0 Å². The molecular weight excluding hydrogens is 188 g/mol. The lowest BCUT2D eigenvalue weighted by atomic mass is 10.4. The number of nitrogens with zero attached hydrogens (tertiary/aromatic N) is 2. The minimum Gasteiger partial charge on any atom is -0.357 e. The van der Waals surface area contributed by atoms with Crippen LogP contribution in [0.1, 0.15) is 19.8 Å². The van der Waals surface area contributed by atoms with E-state index in [0.29, 0.717) is 0 Å². The number of nitriles is 1. The Bertz CT molecular complexity index is 204. The zero-order chi connectivity index (χ0) is 8.97. The third-order valence-electron chi connectivity index (χ3n) is 1.82. The monoisotopic (exact) mass is 200 g/mol. The van der Waals surface area contributed by atoms with Crippen LogP contribution < -0.4 is 0 Å². The van der Waals surface area contributed by atoms with Gasteiger partial charge in [-0.1, -0.05) is 24.0 Å². The zero-order valence-corrected chi connectivity index (χ0v) is 8.75. The molecule has 1 rings (SSSR count). The van der Waals surface area contributed by atoms with E-state index >= 15 is 0 Å². The molecule has 1 fully saturated rings. The van der Waals surface area contributed by atoms with Crippen LogP contribution in [0.5, 0.6) is 0 Å². The van der Waals surface area contributed by atoms with Gasteiger partial charge in [0.1, 0.15) is 4.32 Å². The summed E-state index contributed by atoms with van der Waals surface area (Å²) in [6, 6.07) is 2.17. The van der Waals surface area contributed by atoms with Gasteiger partial charge < -0.3 is 4.90 Å². The summed E-state index contributed by atoms with van der Waals surface area (Å²) < 4.78 is 0.890. The summed E-state index contributed by atoms with van der Waals surface area (Å²) >= 11 is 6.69. The first-order chi connectivity index (χ1) is 5.74. The maximum Gasteiger partial charge on any atom is 0.137 e. The second kappa shape index (κ2) is 4.68.